The Balaban J connectivity index is 2.59. The molecule has 0 fully saturated rings. The third kappa shape index (κ3) is 3.07. The standard InChI is InChI=1S/C14H11ClF2IN/c1-19-14(9-7-8(15)5-6-12(9)18)13-10(16)3-2-4-11(13)17/h2-7,14,19H,1H3. The highest BCUT2D eigenvalue weighted by Crippen LogP contribution is 2.31. The second-order valence-electron chi connectivity index (χ2n) is 4.02. The van der Waals surface area contributed by atoms with Crippen molar-refractivity contribution >= 4 is 34.2 Å². The second-order valence-corrected chi connectivity index (χ2v) is 5.62. The number of nitrogens with one attached hydrogen (secondary N) is 1. The number of rotatable bonds is 3. The van der Waals surface area contributed by atoms with E-state index >= 15 is 0 Å². The van der Waals surface area contributed by atoms with Gasteiger partial charge in [-0.3, -0.25) is 0 Å². The SMILES string of the molecule is CNC(c1cc(Cl)ccc1I)c1c(F)cccc1F. The Morgan fingerprint density at radius 1 is 1.16 bits per heavy atom. The van der Waals surface area contributed by atoms with Crippen LogP contribution in [0.4, 0.5) is 8.78 Å². The van der Waals surface area contributed by atoms with Crippen LogP contribution in [-0.2, 0) is 0 Å². The van der Waals surface area contributed by atoms with Crippen molar-refractivity contribution in [3.63, 3.8) is 0 Å². The lowest BCUT2D eigenvalue weighted by Crippen LogP contribution is -2.21. The summed E-state index contributed by atoms with van der Waals surface area (Å²) in [5.74, 6) is -1.15. The molecular weight excluding hydrogens is 383 g/mol. The monoisotopic (exact) mass is 393 g/mol. The van der Waals surface area contributed by atoms with E-state index in [4.69, 9.17) is 11.6 Å². The van der Waals surface area contributed by atoms with E-state index in [0.29, 0.717) is 5.02 Å². The van der Waals surface area contributed by atoms with Gasteiger partial charge >= 0.3 is 0 Å². The maximum absolute atomic E-state index is 13.9. The van der Waals surface area contributed by atoms with Crippen LogP contribution in [0, 0.1) is 15.2 Å². The first-order chi connectivity index (χ1) is 9.04. The Morgan fingerprint density at radius 2 is 1.79 bits per heavy atom. The lowest BCUT2D eigenvalue weighted by Gasteiger charge is -2.20. The molecule has 0 radical (unpaired) electrons. The molecule has 0 aliphatic carbocycles. The minimum absolute atomic E-state index is 0.00480. The summed E-state index contributed by atoms with van der Waals surface area (Å²) in [4.78, 5) is 0. The van der Waals surface area contributed by atoms with E-state index in [0.717, 1.165) is 9.13 Å². The van der Waals surface area contributed by atoms with Crippen LogP contribution in [0.25, 0.3) is 0 Å². The average Bonchev–Trinajstić information content (AvgIpc) is 2.37. The van der Waals surface area contributed by atoms with E-state index in [-0.39, 0.29) is 5.56 Å². The van der Waals surface area contributed by atoms with Gasteiger partial charge in [0, 0.05) is 14.2 Å². The summed E-state index contributed by atoms with van der Waals surface area (Å²) in [7, 11) is 1.66. The van der Waals surface area contributed by atoms with Crippen molar-refractivity contribution in [2.45, 2.75) is 6.04 Å². The van der Waals surface area contributed by atoms with Crippen LogP contribution in [0.15, 0.2) is 36.4 Å². The van der Waals surface area contributed by atoms with E-state index < -0.39 is 17.7 Å². The molecule has 5 heteroatoms. The molecule has 1 N–H and O–H groups in total. The molecule has 100 valence electrons. The molecule has 0 saturated heterocycles. The zero-order valence-electron chi connectivity index (χ0n) is 10.1. The molecule has 2 aromatic carbocycles. The molecule has 0 aliphatic heterocycles. The number of halogens is 4. The Bertz CT molecular complexity index is 584. The molecular formula is C14H11ClF2IN. The van der Waals surface area contributed by atoms with Crippen molar-refractivity contribution in [1.82, 2.24) is 5.32 Å². The fourth-order valence-corrected chi connectivity index (χ4v) is 2.81. The molecule has 19 heavy (non-hydrogen) atoms. The summed E-state index contributed by atoms with van der Waals surface area (Å²) < 4.78 is 28.7. The first-order valence-electron chi connectivity index (χ1n) is 5.60. The first-order valence-corrected chi connectivity index (χ1v) is 7.06. The molecule has 1 nitrogen and oxygen atoms in total. The quantitative estimate of drug-likeness (QED) is 0.756. The van der Waals surface area contributed by atoms with Gasteiger partial charge < -0.3 is 5.32 Å². The fourth-order valence-electron chi connectivity index (χ4n) is 1.98. The lowest BCUT2D eigenvalue weighted by atomic mass is 9.98. The van der Waals surface area contributed by atoms with Crippen LogP contribution in [0.2, 0.25) is 5.02 Å². The highest BCUT2D eigenvalue weighted by atomic mass is 127. The van der Waals surface area contributed by atoms with Gasteiger partial charge in [0.25, 0.3) is 0 Å². The minimum Gasteiger partial charge on any atom is -0.309 e. The van der Waals surface area contributed by atoms with Gasteiger partial charge in [-0.15, -0.1) is 0 Å². The highest BCUT2D eigenvalue weighted by molar-refractivity contribution is 14.1. The molecule has 0 heterocycles. The van der Waals surface area contributed by atoms with Crippen molar-refractivity contribution in [3.05, 3.63) is 67.8 Å². The van der Waals surface area contributed by atoms with Crippen LogP contribution in [-0.4, -0.2) is 7.05 Å². The molecule has 0 bridgehead atoms. The zero-order chi connectivity index (χ0) is 14.0. The van der Waals surface area contributed by atoms with Gasteiger partial charge in [-0.2, -0.15) is 0 Å². The Hall–Kier alpha value is -0.720. The molecule has 0 amide bonds. The first kappa shape index (κ1) is 14.7. The summed E-state index contributed by atoms with van der Waals surface area (Å²) in [5.41, 5.74) is 0.754. The molecule has 1 unspecified atom stereocenters. The Kier molecular flexibility index (Phi) is 4.76. The van der Waals surface area contributed by atoms with Crippen LogP contribution in [0.3, 0.4) is 0 Å². The normalized spacial score (nSPS) is 12.5. The van der Waals surface area contributed by atoms with E-state index in [1.165, 1.54) is 18.2 Å². The topological polar surface area (TPSA) is 12.0 Å². The molecule has 0 saturated carbocycles. The molecule has 0 aromatic heterocycles. The number of hydrogen-bond donors (Lipinski definition) is 1. The predicted octanol–water partition coefficient (Wildman–Crippen LogP) is 4.53. The van der Waals surface area contributed by atoms with Crippen molar-refractivity contribution in [3.8, 4) is 0 Å². The lowest BCUT2D eigenvalue weighted by molar-refractivity contribution is 0.521. The van der Waals surface area contributed by atoms with Crippen LogP contribution >= 0.6 is 34.2 Å². The van der Waals surface area contributed by atoms with Gasteiger partial charge in [-0.25, -0.2) is 8.78 Å². The molecule has 0 aliphatic rings. The summed E-state index contributed by atoms with van der Waals surface area (Å²) >= 11 is 8.09. The summed E-state index contributed by atoms with van der Waals surface area (Å²) in [6, 6.07) is 8.56. The fraction of sp³-hybridized carbons (Fsp3) is 0.143. The third-order valence-electron chi connectivity index (χ3n) is 2.85. The van der Waals surface area contributed by atoms with E-state index in [9.17, 15) is 8.78 Å². The molecule has 2 rings (SSSR count). The van der Waals surface area contributed by atoms with Gasteiger partial charge in [0.1, 0.15) is 11.6 Å². The summed E-state index contributed by atoms with van der Waals surface area (Å²) in [5, 5.41) is 3.48. The van der Waals surface area contributed by atoms with Gasteiger partial charge in [0.15, 0.2) is 0 Å². The average molecular weight is 394 g/mol. The smallest absolute Gasteiger partial charge is 0.131 e. The summed E-state index contributed by atoms with van der Waals surface area (Å²) in [6.45, 7) is 0. The van der Waals surface area contributed by atoms with Crippen LogP contribution in [0.1, 0.15) is 17.2 Å². The number of hydrogen-bond acceptors (Lipinski definition) is 1. The molecule has 1 atom stereocenters. The van der Waals surface area contributed by atoms with Gasteiger partial charge in [0.05, 0.1) is 6.04 Å². The summed E-state index contributed by atoms with van der Waals surface area (Å²) in [6.07, 6.45) is 0. The third-order valence-corrected chi connectivity index (χ3v) is 4.06. The van der Waals surface area contributed by atoms with Crippen LogP contribution in [0.5, 0.6) is 0 Å². The van der Waals surface area contributed by atoms with E-state index in [1.807, 2.05) is 6.07 Å². The second kappa shape index (κ2) is 6.15. The maximum Gasteiger partial charge on any atom is 0.131 e. The van der Waals surface area contributed by atoms with Crippen molar-refractivity contribution in [2.75, 3.05) is 7.05 Å². The van der Waals surface area contributed by atoms with Gasteiger partial charge in [-0.1, -0.05) is 17.7 Å². The molecule has 2 aromatic rings. The van der Waals surface area contributed by atoms with E-state index in [2.05, 4.69) is 27.9 Å². The zero-order valence-corrected chi connectivity index (χ0v) is 13.0. The van der Waals surface area contributed by atoms with Crippen molar-refractivity contribution < 1.29 is 8.78 Å². The van der Waals surface area contributed by atoms with E-state index in [1.54, 1.807) is 19.2 Å². The minimum atomic E-state index is -0.577. The number of benzene rings is 2. The Labute approximate surface area is 129 Å². The highest BCUT2D eigenvalue weighted by Gasteiger charge is 2.22. The van der Waals surface area contributed by atoms with Crippen molar-refractivity contribution in [1.29, 1.82) is 0 Å². The largest absolute Gasteiger partial charge is 0.309 e. The maximum atomic E-state index is 13.9. The van der Waals surface area contributed by atoms with Gasteiger partial charge in [-0.05, 0) is 65.5 Å². The molecule has 0 spiro atoms. The predicted molar refractivity (Wildman–Crippen MR) is 81.4 cm³/mol. The van der Waals surface area contributed by atoms with Crippen molar-refractivity contribution in [2.24, 2.45) is 0 Å². The van der Waals surface area contributed by atoms with Gasteiger partial charge in [0.2, 0.25) is 0 Å². The van der Waals surface area contributed by atoms with Crippen LogP contribution < -0.4 is 5.32 Å². The Morgan fingerprint density at radius 3 is 2.37 bits per heavy atom.